The number of nitrogens with one attached hydrogen (secondary N) is 1. The monoisotopic (exact) mass is 262 g/mol. The Morgan fingerprint density at radius 1 is 1.29 bits per heavy atom. The minimum Gasteiger partial charge on any atom is -0.312 e. The number of hydrogen-bond acceptors (Lipinski definition) is 3. The maximum absolute atomic E-state index is 11.6. The summed E-state index contributed by atoms with van der Waals surface area (Å²) >= 11 is 0. The van der Waals surface area contributed by atoms with Gasteiger partial charge in [0.2, 0.25) is 10.0 Å². The molecule has 0 amide bonds. The Bertz CT molecular complexity index is 336. The minimum atomic E-state index is -3.07. The molecule has 0 aliphatic heterocycles. The van der Waals surface area contributed by atoms with E-state index in [-0.39, 0.29) is 5.75 Å². The van der Waals surface area contributed by atoms with Gasteiger partial charge in [-0.15, -0.1) is 0 Å². The molecule has 0 saturated heterocycles. The highest BCUT2D eigenvalue weighted by molar-refractivity contribution is 7.89. The number of rotatable bonds is 5. The third-order valence-electron chi connectivity index (χ3n) is 3.81. The fourth-order valence-corrected chi connectivity index (χ4v) is 3.16. The molecule has 1 rings (SSSR count). The molecule has 0 aromatic rings. The van der Waals surface area contributed by atoms with Gasteiger partial charge in [0, 0.05) is 26.7 Å². The van der Waals surface area contributed by atoms with Gasteiger partial charge in [-0.1, -0.05) is 26.7 Å². The van der Waals surface area contributed by atoms with Crippen molar-refractivity contribution in [3.63, 3.8) is 0 Å². The van der Waals surface area contributed by atoms with Crippen LogP contribution in [0, 0.1) is 5.41 Å². The van der Waals surface area contributed by atoms with Gasteiger partial charge < -0.3 is 5.32 Å². The number of nitrogens with zero attached hydrogens (tertiary/aromatic N) is 1. The molecule has 1 atom stereocenters. The molecule has 1 N–H and O–H groups in total. The van der Waals surface area contributed by atoms with E-state index in [2.05, 4.69) is 19.2 Å². The van der Waals surface area contributed by atoms with Gasteiger partial charge in [-0.2, -0.15) is 0 Å². The average Bonchev–Trinajstić information content (AvgIpc) is 2.20. The maximum Gasteiger partial charge on any atom is 0.214 e. The zero-order valence-corrected chi connectivity index (χ0v) is 12.3. The Morgan fingerprint density at radius 3 is 2.47 bits per heavy atom. The molecule has 1 unspecified atom stereocenters. The second-order valence-corrected chi connectivity index (χ2v) is 8.14. The molecule has 1 saturated carbocycles. The summed E-state index contributed by atoms with van der Waals surface area (Å²) in [6.45, 7) is 5.09. The summed E-state index contributed by atoms with van der Waals surface area (Å²) in [6.07, 6.45) is 4.93. The molecule has 1 fully saturated rings. The van der Waals surface area contributed by atoms with Crippen LogP contribution in [-0.2, 0) is 10.0 Å². The van der Waals surface area contributed by atoms with Crippen LogP contribution in [-0.4, -0.2) is 45.2 Å². The van der Waals surface area contributed by atoms with Crippen molar-refractivity contribution >= 4 is 10.0 Å². The molecular weight excluding hydrogens is 236 g/mol. The SMILES string of the molecule is CN(C)S(=O)(=O)CCNC1CCCCC1(C)C. The average molecular weight is 262 g/mol. The summed E-state index contributed by atoms with van der Waals surface area (Å²) in [5, 5.41) is 3.42. The third kappa shape index (κ3) is 4.23. The molecule has 0 aromatic carbocycles. The molecule has 1 aliphatic carbocycles. The summed E-state index contributed by atoms with van der Waals surface area (Å²) in [5.74, 6) is 0.187. The van der Waals surface area contributed by atoms with Crippen LogP contribution in [0.1, 0.15) is 39.5 Å². The Morgan fingerprint density at radius 2 is 1.94 bits per heavy atom. The van der Waals surface area contributed by atoms with Crippen molar-refractivity contribution in [2.75, 3.05) is 26.4 Å². The molecule has 4 nitrogen and oxygen atoms in total. The summed E-state index contributed by atoms with van der Waals surface area (Å²) < 4.78 is 24.5. The lowest BCUT2D eigenvalue weighted by Gasteiger charge is -2.39. The summed E-state index contributed by atoms with van der Waals surface area (Å²) in [6, 6.07) is 0.452. The van der Waals surface area contributed by atoms with Crippen molar-refractivity contribution < 1.29 is 8.42 Å². The summed E-state index contributed by atoms with van der Waals surface area (Å²) in [5.41, 5.74) is 0.292. The van der Waals surface area contributed by atoms with Crippen molar-refractivity contribution in [1.82, 2.24) is 9.62 Å². The lowest BCUT2D eigenvalue weighted by molar-refractivity contribution is 0.170. The van der Waals surface area contributed by atoms with Crippen LogP contribution in [0.4, 0.5) is 0 Å². The van der Waals surface area contributed by atoms with Crippen molar-refractivity contribution in [1.29, 1.82) is 0 Å². The molecule has 0 radical (unpaired) electrons. The van der Waals surface area contributed by atoms with Gasteiger partial charge in [0.05, 0.1) is 5.75 Å². The van der Waals surface area contributed by atoms with Crippen LogP contribution in [0.15, 0.2) is 0 Å². The Labute approximate surface area is 106 Å². The molecule has 1 aliphatic rings. The van der Waals surface area contributed by atoms with E-state index in [9.17, 15) is 8.42 Å². The maximum atomic E-state index is 11.6. The van der Waals surface area contributed by atoms with E-state index < -0.39 is 10.0 Å². The van der Waals surface area contributed by atoms with Gasteiger partial charge in [-0.3, -0.25) is 0 Å². The third-order valence-corrected chi connectivity index (χ3v) is 5.65. The van der Waals surface area contributed by atoms with E-state index in [0.29, 0.717) is 18.0 Å². The van der Waals surface area contributed by atoms with Crippen molar-refractivity contribution in [3.05, 3.63) is 0 Å². The lowest BCUT2D eigenvalue weighted by atomic mass is 9.73. The molecule has 17 heavy (non-hydrogen) atoms. The largest absolute Gasteiger partial charge is 0.312 e. The quantitative estimate of drug-likeness (QED) is 0.815. The molecule has 102 valence electrons. The predicted octanol–water partition coefficient (Wildman–Crippen LogP) is 1.44. The number of hydrogen-bond donors (Lipinski definition) is 1. The molecule has 0 aromatic heterocycles. The summed E-state index contributed by atoms with van der Waals surface area (Å²) in [7, 11) is 0.101. The van der Waals surface area contributed by atoms with Gasteiger partial charge >= 0.3 is 0 Å². The van der Waals surface area contributed by atoms with Crippen molar-refractivity contribution in [3.8, 4) is 0 Å². The smallest absolute Gasteiger partial charge is 0.214 e. The second kappa shape index (κ2) is 5.67. The van der Waals surface area contributed by atoms with Gasteiger partial charge in [0.1, 0.15) is 0 Å². The van der Waals surface area contributed by atoms with Crippen molar-refractivity contribution in [2.24, 2.45) is 5.41 Å². The second-order valence-electron chi connectivity index (χ2n) is 5.84. The topological polar surface area (TPSA) is 49.4 Å². The van der Waals surface area contributed by atoms with Crippen LogP contribution in [0.25, 0.3) is 0 Å². The van der Waals surface area contributed by atoms with E-state index in [1.807, 2.05) is 0 Å². The van der Waals surface area contributed by atoms with E-state index in [1.54, 1.807) is 14.1 Å². The van der Waals surface area contributed by atoms with Gasteiger partial charge in [0.25, 0.3) is 0 Å². The molecule has 0 heterocycles. The van der Waals surface area contributed by atoms with Crippen LogP contribution in [0.5, 0.6) is 0 Å². The highest BCUT2D eigenvalue weighted by Gasteiger charge is 2.31. The van der Waals surface area contributed by atoms with Crippen LogP contribution in [0.3, 0.4) is 0 Å². The van der Waals surface area contributed by atoms with E-state index in [4.69, 9.17) is 0 Å². The first-order valence-electron chi connectivity index (χ1n) is 6.39. The Hall–Kier alpha value is -0.130. The van der Waals surface area contributed by atoms with Crippen LogP contribution in [0.2, 0.25) is 0 Å². The normalized spacial score (nSPS) is 25.1. The van der Waals surface area contributed by atoms with Crippen LogP contribution >= 0.6 is 0 Å². The highest BCUT2D eigenvalue weighted by atomic mass is 32.2. The predicted molar refractivity (Wildman–Crippen MR) is 71.5 cm³/mol. The molecular formula is C12H26N2O2S. The fraction of sp³-hybridized carbons (Fsp3) is 1.00. The first-order chi connectivity index (χ1) is 7.76. The van der Waals surface area contributed by atoms with Crippen LogP contribution < -0.4 is 5.32 Å². The standard InChI is InChI=1S/C12H26N2O2S/c1-12(2)8-6-5-7-11(12)13-9-10-17(15,16)14(3)4/h11,13H,5-10H2,1-4H3. The zero-order valence-electron chi connectivity index (χ0n) is 11.5. The molecule has 0 spiro atoms. The van der Waals surface area contributed by atoms with E-state index in [1.165, 1.54) is 23.6 Å². The fourth-order valence-electron chi connectivity index (χ4n) is 2.42. The minimum absolute atomic E-state index is 0.187. The molecule has 5 heteroatoms. The van der Waals surface area contributed by atoms with Gasteiger partial charge in [-0.05, 0) is 18.3 Å². The Kier molecular flexibility index (Phi) is 4.98. The zero-order chi connectivity index (χ0) is 13.1. The summed E-state index contributed by atoms with van der Waals surface area (Å²) in [4.78, 5) is 0. The van der Waals surface area contributed by atoms with Gasteiger partial charge in [-0.25, -0.2) is 12.7 Å². The first-order valence-corrected chi connectivity index (χ1v) is 8.00. The lowest BCUT2D eigenvalue weighted by Crippen LogP contribution is -2.46. The Balaban J connectivity index is 2.41. The highest BCUT2D eigenvalue weighted by Crippen LogP contribution is 2.35. The van der Waals surface area contributed by atoms with Crippen molar-refractivity contribution in [2.45, 2.75) is 45.6 Å². The molecule has 0 bridgehead atoms. The number of sulfonamides is 1. The van der Waals surface area contributed by atoms with E-state index in [0.717, 1.165) is 6.42 Å². The first kappa shape index (κ1) is 14.9. The van der Waals surface area contributed by atoms with E-state index >= 15 is 0 Å². The van der Waals surface area contributed by atoms with Gasteiger partial charge in [0.15, 0.2) is 0 Å².